The van der Waals surface area contributed by atoms with Crippen LogP contribution in [0.25, 0.3) is 0 Å². The molecule has 1 fully saturated rings. The van der Waals surface area contributed by atoms with Crippen LogP contribution in [0.3, 0.4) is 0 Å². The molecular weight excluding hydrogens is 358 g/mol. The number of hydrogen-bond donors (Lipinski definition) is 2. The molecule has 1 aliphatic carbocycles. The lowest BCUT2D eigenvalue weighted by Gasteiger charge is -2.34. The highest BCUT2D eigenvalue weighted by Crippen LogP contribution is 2.29. The topological polar surface area (TPSA) is 36.8 Å². The Hall–Kier alpha value is -2.04. The minimum atomic E-state index is 0.169. The number of nitrogens with one attached hydrogen (secondary N) is 2. The molecule has 27 heavy (non-hydrogen) atoms. The van der Waals surface area contributed by atoms with Crippen molar-refractivity contribution in [2.45, 2.75) is 25.3 Å². The molecule has 2 aromatic rings. The fourth-order valence-electron chi connectivity index (χ4n) is 4.31. The largest absolute Gasteiger partial charge is 0.360 e. The molecule has 142 valence electrons. The van der Waals surface area contributed by atoms with Crippen LogP contribution < -0.4 is 15.1 Å². The molecule has 2 aliphatic rings. The third-order valence-electron chi connectivity index (χ3n) is 5.76. The summed E-state index contributed by atoms with van der Waals surface area (Å²) in [5.74, 6) is 0.169. The first-order valence-electron chi connectivity index (χ1n) is 9.90. The molecular formula is C22H27ClN3O+. The quantitative estimate of drug-likeness (QED) is 0.848. The molecule has 1 amide bonds. The van der Waals surface area contributed by atoms with E-state index in [4.69, 9.17) is 11.6 Å². The summed E-state index contributed by atoms with van der Waals surface area (Å²) in [4.78, 5) is 16.3. The van der Waals surface area contributed by atoms with Gasteiger partial charge in [0.2, 0.25) is 0 Å². The van der Waals surface area contributed by atoms with E-state index in [0.717, 1.165) is 50.5 Å². The van der Waals surface area contributed by atoms with Gasteiger partial charge in [-0.25, -0.2) is 0 Å². The number of fused-ring (bicyclic) bond motifs is 1. The summed E-state index contributed by atoms with van der Waals surface area (Å²) in [7, 11) is 0. The van der Waals surface area contributed by atoms with E-state index in [9.17, 15) is 4.79 Å². The van der Waals surface area contributed by atoms with Crippen LogP contribution in [0.5, 0.6) is 0 Å². The summed E-state index contributed by atoms with van der Waals surface area (Å²) in [6.45, 7) is 4.41. The van der Waals surface area contributed by atoms with Crippen LogP contribution in [-0.4, -0.2) is 38.6 Å². The van der Waals surface area contributed by atoms with Crippen molar-refractivity contribution in [3.63, 3.8) is 0 Å². The van der Waals surface area contributed by atoms with E-state index in [1.165, 1.54) is 21.7 Å². The Labute approximate surface area is 166 Å². The maximum absolute atomic E-state index is 12.6. The van der Waals surface area contributed by atoms with Crippen molar-refractivity contribution in [3.8, 4) is 0 Å². The van der Waals surface area contributed by atoms with Crippen LogP contribution in [0.1, 0.15) is 30.0 Å². The number of rotatable bonds is 4. The van der Waals surface area contributed by atoms with Crippen LogP contribution in [0, 0.1) is 0 Å². The molecule has 1 saturated heterocycles. The Morgan fingerprint density at radius 1 is 1.15 bits per heavy atom. The fraction of sp³-hybridized carbons (Fsp3) is 0.409. The average molecular weight is 385 g/mol. The molecule has 0 saturated carbocycles. The normalized spacial score (nSPS) is 20.2. The molecule has 0 bridgehead atoms. The van der Waals surface area contributed by atoms with Crippen LogP contribution in [-0.2, 0) is 11.2 Å². The summed E-state index contributed by atoms with van der Waals surface area (Å²) >= 11 is 6.11. The Morgan fingerprint density at radius 3 is 2.78 bits per heavy atom. The number of carbonyl (C=O) groups is 1. The first-order chi connectivity index (χ1) is 13.2. The lowest BCUT2D eigenvalue weighted by atomic mass is 9.88. The minimum absolute atomic E-state index is 0.169. The first kappa shape index (κ1) is 18.3. The van der Waals surface area contributed by atoms with Gasteiger partial charge in [-0.05, 0) is 48.6 Å². The monoisotopic (exact) mass is 384 g/mol. The van der Waals surface area contributed by atoms with E-state index in [0.29, 0.717) is 6.54 Å². The average Bonchev–Trinajstić information content (AvgIpc) is 2.69. The number of piperazine rings is 1. The maximum Gasteiger partial charge on any atom is 0.275 e. The Morgan fingerprint density at radius 2 is 1.96 bits per heavy atom. The van der Waals surface area contributed by atoms with E-state index in [1.54, 1.807) is 0 Å². The van der Waals surface area contributed by atoms with Gasteiger partial charge in [-0.1, -0.05) is 41.9 Å². The number of halogens is 1. The van der Waals surface area contributed by atoms with E-state index in [-0.39, 0.29) is 11.9 Å². The summed E-state index contributed by atoms with van der Waals surface area (Å²) in [6, 6.07) is 16.7. The van der Waals surface area contributed by atoms with E-state index < -0.39 is 0 Å². The predicted octanol–water partition coefficient (Wildman–Crippen LogP) is 2.24. The first-order valence-corrected chi connectivity index (χ1v) is 10.3. The molecule has 4 nitrogen and oxygen atoms in total. The molecule has 2 aromatic carbocycles. The SMILES string of the molecule is O=C(C[NH+]1CCN(c2cccc(Cl)c2)CC1)N[C@H]1CCCc2ccccc21. The van der Waals surface area contributed by atoms with Gasteiger partial charge in [-0.3, -0.25) is 4.79 Å². The van der Waals surface area contributed by atoms with Crippen molar-refractivity contribution >= 4 is 23.2 Å². The molecule has 0 aromatic heterocycles. The van der Waals surface area contributed by atoms with Gasteiger partial charge >= 0.3 is 0 Å². The van der Waals surface area contributed by atoms with Gasteiger partial charge in [0.15, 0.2) is 6.54 Å². The third-order valence-corrected chi connectivity index (χ3v) is 5.99. The zero-order valence-corrected chi connectivity index (χ0v) is 16.3. The van der Waals surface area contributed by atoms with Crippen molar-refractivity contribution in [1.82, 2.24) is 5.32 Å². The Kier molecular flexibility index (Phi) is 5.65. The van der Waals surface area contributed by atoms with Crippen molar-refractivity contribution < 1.29 is 9.69 Å². The smallest absolute Gasteiger partial charge is 0.275 e. The zero-order chi connectivity index (χ0) is 18.6. The number of quaternary nitrogens is 1. The lowest BCUT2D eigenvalue weighted by molar-refractivity contribution is -0.892. The number of benzene rings is 2. The number of carbonyl (C=O) groups excluding carboxylic acids is 1. The molecule has 1 aliphatic heterocycles. The van der Waals surface area contributed by atoms with Crippen molar-refractivity contribution in [2.24, 2.45) is 0 Å². The zero-order valence-electron chi connectivity index (χ0n) is 15.6. The molecule has 5 heteroatoms. The predicted molar refractivity (Wildman–Crippen MR) is 109 cm³/mol. The van der Waals surface area contributed by atoms with Gasteiger partial charge in [-0.15, -0.1) is 0 Å². The number of hydrogen-bond acceptors (Lipinski definition) is 2. The highest BCUT2D eigenvalue weighted by atomic mass is 35.5. The minimum Gasteiger partial charge on any atom is -0.360 e. The number of nitrogens with zero attached hydrogens (tertiary/aromatic N) is 1. The fourth-order valence-corrected chi connectivity index (χ4v) is 4.49. The summed E-state index contributed by atoms with van der Waals surface area (Å²) < 4.78 is 0. The molecule has 4 rings (SSSR count). The molecule has 0 unspecified atom stereocenters. The van der Waals surface area contributed by atoms with Gasteiger partial charge in [-0.2, -0.15) is 0 Å². The molecule has 0 spiro atoms. The molecule has 2 N–H and O–H groups in total. The second-order valence-electron chi connectivity index (χ2n) is 7.60. The number of anilines is 1. The van der Waals surface area contributed by atoms with Crippen molar-refractivity contribution in [3.05, 3.63) is 64.7 Å². The maximum atomic E-state index is 12.6. The van der Waals surface area contributed by atoms with Gasteiger partial charge < -0.3 is 15.1 Å². The summed E-state index contributed by atoms with van der Waals surface area (Å²) in [5, 5.41) is 4.05. The van der Waals surface area contributed by atoms with E-state index in [2.05, 4.69) is 40.5 Å². The van der Waals surface area contributed by atoms with Gasteiger partial charge in [0.25, 0.3) is 5.91 Å². The van der Waals surface area contributed by atoms with Crippen molar-refractivity contribution in [1.29, 1.82) is 0 Å². The molecule has 1 heterocycles. The second kappa shape index (κ2) is 8.32. The molecule has 1 atom stereocenters. The van der Waals surface area contributed by atoms with E-state index in [1.807, 2.05) is 18.2 Å². The van der Waals surface area contributed by atoms with Gasteiger partial charge in [0.1, 0.15) is 0 Å². The Bertz CT molecular complexity index is 802. The third kappa shape index (κ3) is 4.45. The standard InChI is InChI=1S/C22H26ClN3O/c23-18-7-4-8-19(15-18)26-13-11-25(12-14-26)16-22(27)24-21-10-3-6-17-5-1-2-9-20(17)21/h1-2,4-5,7-9,15,21H,3,6,10-14,16H2,(H,24,27)/p+1/t21-/m0/s1. The van der Waals surface area contributed by atoms with Crippen LogP contribution in [0.2, 0.25) is 5.02 Å². The molecule has 0 radical (unpaired) electrons. The number of aryl methyl sites for hydroxylation is 1. The van der Waals surface area contributed by atoms with Gasteiger partial charge in [0, 0.05) is 10.7 Å². The highest BCUT2D eigenvalue weighted by molar-refractivity contribution is 6.30. The Balaban J connectivity index is 1.29. The van der Waals surface area contributed by atoms with E-state index >= 15 is 0 Å². The van der Waals surface area contributed by atoms with Crippen molar-refractivity contribution in [2.75, 3.05) is 37.6 Å². The number of amides is 1. The summed E-state index contributed by atoms with van der Waals surface area (Å²) in [5.41, 5.74) is 3.86. The van der Waals surface area contributed by atoms with Crippen LogP contribution >= 0.6 is 11.6 Å². The van der Waals surface area contributed by atoms with Crippen LogP contribution in [0.15, 0.2) is 48.5 Å². The summed E-state index contributed by atoms with van der Waals surface area (Å²) in [6.07, 6.45) is 3.31. The lowest BCUT2D eigenvalue weighted by Crippen LogP contribution is -3.16. The second-order valence-corrected chi connectivity index (χ2v) is 8.04. The van der Waals surface area contributed by atoms with Crippen LogP contribution in [0.4, 0.5) is 5.69 Å². The van der Waals surface area contributed by atoms with Gasteiger partial charge in [0.05, 0.1) is 32.2 Å². The highest BCUT2D eigenvalue weighted by Gasteiger charge is 2.25.